The molecule has 0 amide bonds. The summed E-state index contributed by atoms with van der Waals surface area (Å²) in [4.78, 5) is 11.2. The van der Waals surface area contributed by atoms with E-state index in [1.807, 2.05) is 6.92 Å². The topological polar surface area (TPSA) is 92.7 Å². The van der Waals surface area contributed by atoms with Crippen LogP contribution < -0.4 is 9.46 Å². The van der Waals surface area contributed by atoms with E-state index in [9.17, 15) is 13.2 Å². The summed E-state index contributed by atoms with van der Waals surface area (Å²) in [6.45, 7) is 6.75. The second-order valence-electron chi connectivity index (χ2n) is 5.29. The van der Waals surface area contributed by atoms with Gasteiger partial charge in [0.25, 0.3) is 0 Å². The average molecular weight is 315 g/mol. The maximum absolute atomic E-state index is 12.5. The van der Waals surface area contributed by atoms with Crippen LogP contribution in [0.5, 0.6) is 5.75 Å². The molecule has 0 aromatic heterocycles. The summed E-state index contributed by atoms with van der Waals surface area (Å²) in [7, 11) is -2.62. The summed E-state index contributed by atoms with van der Waals surface area (Å²) in [6.07, 6.45) is 0. The van der Waals surface area contributed by atoms with Crippen molar-refractivity contribution < 1.29 is 23.1 Å². The van der Waals surface area contributed by atoms with Crippen molar-refractivity contribution in [3.05, 3.63) is 23.3 Å². The maximum Gasteiger partial charge on any atom is 0.322 e. The molecule has 7 heteroatoms. The maximum atomic E-state index is 12.5. The molecule has 1 atom stereocenters. The molecule has 0 saturated heterocycles. The largest absolute Gasteiger partial charge is 0.495 e. The van der Waals surface area contributed by atoms with Gasteiger partial charge in [-0.25, -0.2) is 8.42 Å². The van der Waals surface area contributed by atoms with Crippen LogP contribution in [0.4, 0.5) is 0 Å². The van der Waals surface area contributed by atoms with E-state index in [0.29, 0.717) is 5.56 Å². The summed E-state index contributed by atoms with van der Waals surface area (Å²) in [5.74, 6) is -1.39. The highest BCUT2D eigenvalue weighted by Gasteiger charge is 2.31. The fourth-order valence-electron chi connectivity index (χ4n) is 2.11. The van der Waals surface area contributed by atoms with Gasteiger partial charge in [-0.15, -0.1) is 0 Å². The monoisotopic (exact) mass is 315 g/mol. The number of ether oxygens (including phenoxy) is 1. The predicted octanol–water partition coefficient (Wildman–Crippen LogP) is 1.70. The zero-order valence-corrected chi connectivity index (χ0v) is 13.6. The Morgan fingerprint density at radius 3 is 2.29 bits per heavy atom. The molecule has 0 bridgehead atoms. The molecule has 2 N–H and O–H groups in total. The minimum Gasteiger partial charge on any atom is -0.495 e. The Labute approximate surface area is 125 Å². The van der Waals surface area contributed by atoms with Gasteiger partial charge in [0.05, 0.1) is 7.11 Å². The van der Waals surface area contributed by atoms with E-state index in [0.717, 1.165) is 5.56 Å². The first-order valence-corrected chi connectivity index (χ1v) is 7.98. The number of aryl methyl sites for hydroxylation is 2. The summed E-state index contributed by atoms with van der Waals surface area (Å²) < 4.78 is 32.4. The van der Waals surface area contributed by atoms with E-state index in [1.165, 1.54) is 7.11 Å². The lowest BCUT2D eigenvalue weighted by atomic mass is 10.1. The smallest absolute Gasteiger partial charge is 0.322 e. The summed E-state index contributed by atoms with van der Waals surface area (Å²) in [5.41, 5.74) is 1.37. The number of sulfonamides is 1. The lowest BCUT2D eigenvalue weighted by Crippen LogP contribution is -2.44. The van der Waals surface area contributed by atoms with Crippen LogP contribution in [0.3, 0.4) is 0 Å². The van der Waals surface area contributed by atoms with Gasteiger partial charge in [-0.05, 0) is 37.0 Å². The van der Waals surface area contributed by atoms with Gasteiger partial charge in [0.2, 0.25) is 10.0 Å². The number of hydrogen-bond donors (Lipinski definition) is 2. The van der Waals surface area contributed by atoms with E-state index in [2.05, 4.69) is 4.72 Å². The van der Waals surface area contributed by atoms with Crippen molar-refractivity contribution in [2.24, 2.45) is 5.92 Å². The second-order valence-corrected chi connectivity index (χ2v) is 6.95. The van der Waals surface area contributed by atoms with Gasteiger partial charge in [0.15, 0.2) is 0 Å². The van der Waals surface area contributed by atoms with Crippen molar-refractivity contribution in [3.63, 3.8) is 0 Å². The van der Waals surface area contributed by atoms with Gasteiger partial charge >= 0.3 is 5.97 Å². The number of rotatable bonds is 6. The second kappa shape index (κ2) is 6.44. The molecule has 0 aliphatic heterocycles. The molecule has 0 aliphatic carbocycles. The molecule has 1 rings (SSSR count). The zero-order chi connectivity index (χ0) is 16.4. The Balaban J connectivity index is 3.35. The van der Waals surface area contributed by atoms with Crippen LogP contribution in [0.25, 0.3) is 0 Å². The van der Waals surface area contributed by atoms with Crippen LogP contribution in [0.2, 0.25) is 0 Å². The third-order valence-corrected chi connectivity index (χ3v) is 4.71. The SMILES string of the molecule is COc1cc(C)cc(C)c1S(=O)(=O)N[C@@H](C(=O)O)C(C)C. The highest BCUT2D eigenvalue weighted by molar-refractivity contribution is 7.89. The number of carbonyl (C=O) groups is 1. The Bertz CT molecular complexity index is 637. The molecule has 0 radical (unpaired) electrons. The lowest BCUT2D eigenvalue weighted by molar-refractivity contribution is -0.140. The van der Waals surface area contributed by atoms with Crippen molar-refractivity contribution in [1.82, 2.24) is 4.72 Å². The van der Waals surface area contributed by atoms with E-state index >= 15 is 0 Å². The van der Waals surface area contributed by atoms with Gasteiger partial charge < -0.3 is 9.84 Å². The number of carboxylic acids is 1. The molecular weight excluding hydrogens is 294 g/mol. The first-order chi connectivity index (χ1) is 9.60. The van der Waals surface area contributed by atoms with Gasteiger partial charge in [0, 0.05) is 0 Å². The van der Waals surface area contributed by atoms with Crippen molar-refractivity contribution in [2.45, 2.75) is 38.6 Å². The van der Waals surface area contributed by atoms with E-state index < -0.39 is 22.0 Å². The van der Waals surface area contributed by atoms with Crippen molar-refractivity contribution in [1.29, 1.82) is 0 Å². The van der Waals surface area contributed by atoms with Crippen LogP contribution in [-0.2, 0) is 14.8 Å². The first-order valence-electron chi connectivity index (χ1n) is 6.50. The molecule has 6 nitrogen and oxygen atoms in total. The fraction of sp³-hybridized carbons (Fsp3) is 0.500. The molecule has 0 saturated carbocycles. The van der Waals surface area contributed by atoms with Crippen LogP contribution in [0.15, 0.2) is 17.0 Å². The van der Waals surface area contributed by atoms with Gasteiger partial charge in [-0.2, -0.15) is 4.72 Å². The molecular formula is C14H21NO5S. The van der Waals surface area contributed by atoms with Crippen LogP contribution >= 0.6 is 0 Å². The van der Waals surface area contributed by atoms with Crippen LogP contribution in [-0.4, -0.2) is 32.6 Å². The molecule has 0 heterocycles. The molecule has 0 fully saturated rings. The number of benzene rings is 1. The van der Waals surface area contributed by atoms with Crippen LogP contribution in [0, 0.1) is 19.8 Å². The number of nitrogens with one attached hydrogen (secondary N) is 1. The number of aliphatic carboxylic acids is 1. The molecule has 0 unspecified atom stereocenters. The predicted molar refractivity (Wildman–Crippen MR) is 79.1 cm³/mol. The quantitative estimate of drug-likeness (QED) is 0.833. The minimum atomic E-state index is -4.00. The molecule has 118 valence electrons. The molecule has 21 heavy (non-hydrogen) atoms. The number of methoxy groups -OCH3 is 1. The van der Waals surface area contributed by atoms with E-state index in [-0.39, 0.29) is 16.6 Å². The van der Waals surface area contributed by atoms with Gasteiger partial charge in [-0.1, -0.05) is 19.9 Å². The van der Waals surface area contributed by atoms with E-state index in [4.69, 9.17) is 9.84 Å². The lowest BCUT2D eigenvalue weighted by Gasteiger charge is -2.20. The molecule has 1 aromatic carbocycles. The average Bonchev–Trinajstić information content (AvgIpc) is 2.33. The Morgan fingerprint density at radius 1 is 1.29 bits per heavy atom. The van der Waals surface area contributed by atoms with Crippen LogP contribution in [0.1, 0.15) is 25.0 Å². The highest BCUT2D eigenvalue weighted by Crippen LogP contribution is 2.29. The van der Waals surface area contributed by atoms with Crippen molar-refractivity contribution in [3.8, 4) is 5.75 Å². The Morgan fingerprint density at radius 2 is 1.86 bits per heavy atom. The summed E-state index contributed by atoms with van der Waals surface area (Å²) >= 11 is 0. The standard InChI is InChI=1S/C14H21NO5S/c1-8(2)12(14(16)17)15-21(18,19)13-10(4)6-9(3)7-11(13)20-5/h6-8,12,15H,1-5H3,(H,16,17)/t12-/m1/s1. The van der Waals surface area contributed by atoms with Gasteiger partial charge in [-0.3, -0.25) is 4.79 Å². The highest BCUT2D eigenvalue weighted by atomic mass is 32.2. The molecule has 0 spiro atoms. The third-order valence-electron chi connectivity index (χ3n) is 3.09. The van der Waals surface area contributed by atoms with E-state index in [1.54, 1.807) is 32.9 Å². The fourth-order valence-corrected chi connectivity index (χ4v) is 3.82. The van der Waals surface area contributed by atoms with Crippen molar-refractivity contribution >= 4 is 16.0 Å². The molecule has 1 aromatic rings. The zero-order valence-electron chi connectivity index (χ0n) is 12.8. The third kappa shape index (κ3) is 3.95. The summed E-state index contributed by atoms with van der Waals surface area (Å²) in [6, 6.07) is 2.12. The Hall–Kier alpha value is -1.60. The van der Waals surface area contributed by atoms with Crippen molar-refractivity contribution in [2.75, 3.05) is 7.11 Å². The normalized spacial score (nSPS) is 13.2. The minimum absolute atomic E-state index is 0.0255. The summed E-state index contributed by atoms with van der Waals surface area (Å²) in [5, 5.41) is 9.14. The molecule has 0 aliphatic rings. The van der Waals surface area contributed by atoms with Gasteiger partial charge in [0.1, 0.15) is 16.7 Å². The number of carboxylic acid groups (broad SMARTS) is 1. The first kappa shape index (κ1) is 17.5. The number of hydrogen-bond acceptors (Lipinski definition) is 4. The Kier molecular flexibility index (Phi) is 5.36.